The third-order valence-electron chi connectivity index (χ3n) is 1.96. The number of esters is 2. The van der Waals surface area contributed by atoms with E-state index in [1.54, 1.807) is 20.8 Å². The molecule has 0 aromatic rings. The first-order chi connectivity index (χ1) is 7.04. The first-order valence-electron chi connectivity index (χ1n) is 4.95. The van der Waals surface area contributed by atoms with Gasteiger partial charge in [-0.1, -0.05) is 0 Å². The Balaban J connectivity index is 3.01. The normalized spacial score (nSPS) is 19.7. The molecule has 0 amide bonds. The molecule has 0 saturated carbocycles. The van der Waals surface area contributed by atoms with Crippen molar-refractivity contribution in [1.29, 1.82) is 0 Å². The molecular formula is C11H16O5. The SMILES string of the molecule is CC(C)(C)OC(=O)C1=C(O)C(C)(C)OC1=O. The van der Waals surface area contributed by atoms with E-state index < -0.39 is 28.7 Å². The van der Waals surface area contributed by atoms with Gasteiger partial charge in [0.05, 0.1) is 0 Å². The Hall–Kier alpha value is -1.52. The van der Waals surface area contributed by atoms with E-state index in [-0.39, 0.29) is 5.76 Å². The second-order valence-electron chi connectivity index (χ2n) is 5.13. The van der Waals surface area contributed by atoms with E-state index in [1.165, 1.54) is 13.8 Å². The van der Waals surface area contributed by atoms with Crippen molar-refractivity contribution in [1.82, 2.24) is 0 Å². The molecule has 0 fully saturated rings. The van der Waals surface area contributed by atoms with Crippen LogP contribution < -0.4 is 0 Å². The minimum absolute atomic E-state index is 0.383. The molecule has 0 bridgehead atoms. The number of cyclic esters (lactones) is 1. The maximum atomic E-state index is 11.6. The van der Waals surface area contributed by atoms with Crippen LogP contribution in [0.1, 0.15) is 34.6 Å². The predicted molar refractivity (Wildman–Crippen MR) is 55.7 cm³/mol. The molecule has 1 aliphatic rings. The van der Waals surface area contributed by atoms with Gasteiger partial charge in [0, 0.05) is 0 Å². The highest BCUT2D eigenvalue weighted by Gasteiger charge is 2.45. The largest absolute Gasteiger partial charge is 0.507 e. The molecule has 0 aromatic carbocycles. The quantitative estimate of drug-likeness (QED) is 0.543. The zero-order chi connectivity index (χ0) is 12.7. The number of carbonyl (C=O) groups is 2. The van der Waals surface area contributed by atoms with Crippen LogP contribution in [0.4, 0.5) is 0 Å². The van der Waals surface area contributed by atoms with Gasteiger partial charge in [-0.3, -0.25) is 0 Å². The molecule has 0 atom stereocenters. The Bertz CT molecular complexity index is 370. The lowest BCUT2D eigenvalue weighted by molar-refractivity contribution is -0.154. The van der Waals surface area contributed by atoms with E-state index in [2.05, 4.69) is 0 Å². The van der Waals surface area contributed by atoms with E-state index in [0.29, 0.717) is 0 Å². The second kappa shape index (κ2) is 3.50. The summed E-state index contributed by atoms with van der Waals surface area (Å²) in [6, 6.07) is 0. The summed E-state index contributed by atoms with van der Waals surface area (Å²) >= 11 is 0. The lowest BCUT2D eigenvalue weighted by Crippen LogP contribution is -2.26. The number of hydrogen-bond acceptors (Lipinski definition) is 5. The van der Waals surface area contributed by atoms with Crippen molar-refractivity contribution in [2.24, 2.45) is 0 Å². The summed E-state index contributed by atoms with van der Waals surface area (Å²) in [5, 5.41) is 9.69. The molecule has 0 aromatic heterocycles. The van der Waals surface area contributed by atoms with Crippen LogP contribution in [0.5, 0.6) is 0 Å². The van der Waals surface area contributed by atoms with E-state index in [4.69, 9.17) is 9.47 Å². The van der Waals surface area contributed by atoms with Crippen LogP contribution in [0.2, 0.25) is 0 Å². The summed E-state index contributed by atoms with van der Waals surface area (Å²) in [4.78, 5) is 23.0. The summed E-state index contributed by atoms with van der Waals surface area (Å²) < 4.78 is 9.84. The van der Waals surface area contributed by atoms with E-state index in [9.17, 15) is 14.7 Å². The number of carbonyl (C=O) groups excluding carboxylic acids is 2. The van der Waals surface area contributed by atoms with Crippen molar-refractivity contribution in [3.05, 3.63) is 11.3 Å². The molecule has 5 nitrogen and oxygen atoms in total. The Morgan fingerprint density at radius 3 is 2.19 bits per heavy atom. The van der Waals surface area contributed by atoms with Gasteiger partial charge in [-0.25, -0.2) is 9.59 Å². The molecule has 0 saturated heterocycles. The zero-order valence-electron chi connectivity index (χ0n) is 10.1. The maximum absolute atomic E-state index is 11.6. The van der Waals surface area contributed by atoms with Crippen molar-refractivity contribution < 1.29 is 24.2 Å². The van der Waals surface area contributed by atoms with Crippen LogP contribution in [0.3, 0.4) is 0 Å². The van der Waals surface area contributed by atoms with Crippen molar-refractivity contribution in [3.63, 3.8) is 0 Å². The van der Waals surface area contributed by atoms with Crippen molar-refractivity contribution in [3.8, 4) is 0 Å². The summed E-state index contributed by atoms with van der Waals surface area (Å²) in [7, 11) is 0. The van der Waals surface area contributed by atoms with Crippen LogP contribution in [-0.4, -0.2) is 28.2 Å². The smallest absolute Gasteiger partial charge is 0.350 e. The molecule has 16 heavy (non-hydrogen) atoms. The van der Waals surface area contributed by atoms with Crippen LogP contribution in [-0.2, 0) is 19.1 Å². The monoisotopic (exact) mass is 228 g/mol. The molecule has 1 rings (SSSR count). The van der Waals surface area contributed by atoms with Gasteiger partial charge in [0.25, 0.3) is 0 Å². The number of hydrogen-bond donors (Lipinski definition) is 1. The van der Waals surface area contributed by atoms with E-state index in [1.807, 2.05) is 0 Å². The second-order valence-corrected chi connectivity index (χ2v) is 5.13. The average molecular weight is 228 g/mol. The van der Waals surface area contributed by atoms with Gasteiger partial charge in [-0.15, -0.1) is 0 Å². The van der Waals surface area contributed by atoms with E-state index in [0.717, 1.165) is 0 Å². The zero-order valence-corrected chi connectivity index (χ0v) is 10.1. The fourth-order valence-corrected chi connectivity index (χ4v) is 1.24. The van der Waals surface area contributed by atoms with Crippen LogP contribution in [0.15, 0.2) is 11.3 Å². The Morgan fingerprint density at radius 1 is 1.38 bits per heavy atom. The summed E-state index contributed by atoms with van der Waals surface area (Å²) in [5.74, 6) is -2.09. The number of rotatable bonds is 1. The Morgan fingerprint density at radius 2 is 1.88 bits per heavy atom. The van der Waals surface area contributed by atoms with Gasteiger partial charge in [0.2, 0.25) is 0 Å². The predicted octanol–water partition coefficient (Wildman–Crippen LogP) is 1.48. The van der Waals surface area contributed by atoms with Gasteiger partial charge in [-0.2, -0.15) is 0 Å². The maximum Gasteiger partial charge on any atom is 0.350 e. The number of aliphatic hydroxyl groups excluding tert-OH is 1. The lowest BCUT2D eigenvalue weighted by Gasteiger charge is -2.19. The molecule has 0 aliphatic carbocycles. The summed E-state index contributed by atoms with van der Waals surface area (Å²) in [6.45, 7) is 8.02. The molecule has 5 heteroatoms. The van der Waals surface area contributed by atoms with Gasteiger partial charge < -0.3 is 14.6 Å². The molecular weight excluding hydrogens is 212 g/mol. The van der Waals surface area contributed by atoms with Crippen LogP contribution >= 0.6 is 0 Å². The summed E-state index contributed by atoms with van der Waals surface area (Å²) in [6.07, 6.45) is 0. The molecule has 90 valence electrons. The minimum Gasteiger partial charge on any atom is -0.507 e. The molecule has 1 N–H and O–H groups in total. The molecule has 0 unspecified atom stereocenters. The van der Waals surface area contributed by atoms with Crippen molar-refractivity contribution in [2.45, 2.75) is 45.8 Å². The average Bonchev–Trinajstić information content (AvgIpc) is 2.17. The third-order valence-corrected chi connectivity index (χ3v) is 1.96. The number of ether oxygens (including phenoxy) is 2. The molecule has 1 aliphatic heterocycles. The van der Waals surface area contributed by atoms with Gasteiger partial charge in [0.15, 0.2) is 16.9 Å². The standard InChI is InChI=1S/C11H16O5/c1-10(2,3)15-8(13)6-7(12)11(4,5)16-9(6)14/h12H,1-5H3. The highest BCUT2D eigenvalue weighted by atomic mass is 16.6. The van der Waals surface area contributed by atoms with Crippen LogP contribution in [0, 0.1) is 0 Å². The van der Waals surface area contributed by atoms with Crippen LogP contribution in [0.25, 0.3) is 0 Å². The van der Waals surface area contributed by atoms with Gasteiger partial charge in [0.1, 0.15) is 5.60 Å². The summed E-state index contributed by atoms with van der Waals surface area (Å²) in [5.41, 5.74) is -2.30. The Labute approximate surface area is 94.0 Å². The fourth-order valence-electron chi connectivity index (χ4n) is 1.24. The minimum atomic E-state index is -1.16. The first-order valence-corrected chi connectivity index (χ1v) is 4.95. The highest BCUT2D eigenvalue weighted by Crippen LogP contribution is 2.31. The third kappa shape index (κ3) is 2.35. The Kier molecular flexibility index (Phi) is 2.75. The fraction of sp³-hybridized carbons (Fsp3) is 0.636. The first kappa shape index (κ1) is 12.5. The van der Waals surface area contributed by atoms with Gasteiger partial charge in [-0.05, 0) is 34.6 Å². The topological polar surface area (TPSA) is 72.8 Å². The molecule has 0 spiro atoms. The van der Waals surface area contributed by atoms with Crippen molar-refractivity contribution in [2.75, 3.05) is 0 Å². The highest BCUT2D eigenvalue weighted by molar-refractivity contribution is 6.16. The number of aliphatic hydroxyl groups is 1. The van der Waals surface area contributed by atoms with Crippen molar-refractivity contribution >= 4 is 11.9 Å². The molecule has 1 heterocycles. The lowest BCUT2D eigenvalue weighted by atomic mass is 10.1. The van der Waals surface area contributed by atoms with Gasteiger partial charge >= 0.3 is 11.9 Å². The molecule has 0 radical (unpaired) electrons. The van der Waals surface area contributed by atoms with E-state index >= 15 is 0 Å².